The Morgan fingerprint density at radius 2 is 1.78 bits per heavy atom. The molecule has 0 heterocycles. The molecule has 0 aliphatic heterocycles. The first-order chi connectivity index (χ1) is 8.56. The van der Waals surface area contributed by atoms with Crippen molar-refractivity contribution in [3.8, 4) is 5.75 Å². The molecule has 0 fully saturated rings. The minimum Gasteiger partial charge on any atom is -0.503 e. The number of aromatic hydroxyl groups is 1. The molecule has 0 unspecified atom stereocenters. The van der Waals surface area contributed by atoms with Gasteiger partial charge in [-0.2, -0.15) is 0 Å². The average molecular weight is 249 g/mol. The molecule has 18 heavy (non-hydrogen) atoms. The highest BCUT2D eigenvalue weighted by molar-refractivity contribution is 5.48. The van der Waals surface area contributed by atoms with Crippen molar-refractivity contribution in [2.24, 2.45) is 0 Å². The number of rotatable bonds is 3. The quantitative estimate of drug-likeness (QED) is 0.815. The highest BCUT2D eigenvalue weighted by atomic mass is 19.1. The zero-order valence-electron chi connectivity index (χ0n) is 9.87. The number of benzene rings is 2. The SMILES string of the molecule is Cc1cccc(CNc2cc(F)c(O)c(F)c2)c1. The largest absolute Gasteiger partial charge is 0.503 e. The molecule has 0 radical (unpaired) electrons. The van der Waals surface area contributed by atoms with Crippen LogP contribution in [0.2, 0.25) is 0 Å². The van der Waals surface area contributed by atoms with Gasteiger partial charge in [-0.25, -0.2) is 8.78 Å². The van der Waals surface area contributed by atoms with E-state index in [1.165, 1.54) is 0 Å². The van der Waals surface area contributed by atoms with Gasteiger partial charge < -0.3 is 10.4 Å². The number of aryl methyl sites for hydroxylation is 1. The Morgan fingerprint density at radius 1 is 1.11 bits per heavy atom. The third kappa shape index (κ3) is 2.77. The molecule has 4 heteroatoms. The van der Waals surface area contributed by atoms with Gasteiger partial charge in [0.1, 0.15) is 0 Å². The summed E-state index contributed by atoms with van der Waals surface area (Å²) in [4.78, 5) is 0. The maximum absolute atomic E-state index is 13.1. The van der Waals surface area contributed by atoms with Gasteiger partial charge in [0.15, 0.2) is 17.4 Å². The lowest BCUT2D eigenvalue weighted by Gasteiger charge is -2.08. The number of halogens is 2. The van der Waals surface area contributed by atoms with Crippen LogP contribution in [0.5, 0.6) is 5.75 Å². The first-order valence-electron chi connectivity index (χ1n) is 5.53. The molecule has 0 bridgehead atoms. The molecule has 0 saturated carbocycles. The van der Waals surface area contributed by atoms with Crippen molar-refractivity contribution in [3.63, 3.8) is 0 Å². The highest BCUT2D eigenvalue weighted by Gasteiger charge is 2.09. The molecule has 0 saturated heterocycles. The number of hydrogen-bond acceptors (Lipinski definition) is 2. The van der Waals surface area contributed by atoms with Crippen molar-refractivity contribution in [2.45, 2.75) is 13.5 Å². The fourth-order valence-electron chi connectivity index (χ4n) is 1.69. The van der Waals surface area contributed by atoms with Crippen molar-refractivity contribution in [2.75, 3.05) is 5.32 Å². The van der Waals surface area contributed by atoms with Crippen molar-refractivity contribution >= 4 is 5.69 Å². The lowest BCUT2D eigenvalue weighted by molar-refractivity contribution is 0.396. The van der Waals surface area contributed by atoms with Crippen LogP contribution in [-0.2, 0) is 6.54 Å². The molecular formula is C14H13F2NO. The summed E-state index contributed by atoms with van der Waals surface area (Å²) in [5, 5.41) is 11.9. The Bertz CT molecular complexity index is 546. The van der Waals surface area contributed by atoms with Crippen molar-refractivity contribution < 1.29 is 13.9 Å². The normalized spacial score (nSPS) is 10.4. The average Bonchev–Trinajstić information content (AvgIpc) is 2.33. The van der Waals surface area contributed by atoms with Crippen LogP contribution >= 0.6 is 0 Å². The van der Waals surface area contributed by atoms with Crippen LogP contribution in [0.25, 0.3) is 0 Å². The highest BCUT2D eigenvalue weighted by Crippen LogP contribution is 2.24. The van der Waals surface area contributed by atoms with Gasteiger partial charge in [-0.15, -0.1) is 0 Å². The van der Waals surface area contributed by atoms with E-state index in [0.29, 0.717) is 12.2 Å². The predicted octanol–water partition coefficient (Wildman–Crippen LogP) is 3.59. The first kappa shape index (κ1) is 12.4. The van der Waals surface area contributed by atoms with Gasteiger partial charge in [-0.05, 0) is 12.5 Å². The van der Waals surface area contributed by atoms with Crippen LogP contribution in [0, 0.1) is 18.6 Å². The standard InChI is InChI=1S/C14H13F2NO/c1-9-3-2-4-10(5-9)8-17-11-6-12(15)14(18)13(16)7-11/h2-7,17-18H,8H2,1H3. The molecule has 2 aromatic carbocycles. The molecule has 2 aromatic rings. The maximum Gasteiger partial charge on any atom is 0.187 e. The van der Waals surface area contributed by atoms with Crippen LogP contribution in [0.3, 0.4) is 0 Å². The summed E-state index contributed by atoms with van der Waals surface area (Å²) < 4.78 is 26.2. The van der Waals surface area contributed by atoms with E-state index in [9.17, 15) is 8.78 Å². The number of hydrogen-bond donors (Lipinski definition) is 2. The van der Waals surface area contributed by atoms with Gasteiger partial charge in [0, 0.05) is 24.4 Å². The maximum atomic E-state index is 13.1. The van der Waals surface area contributed by atoms with Crippen molar-refractivity contribution in [1.29, 1.82) is 0 Å². The summed E-state index contributed by atoms with van der Waals surface area (Å²) in [6.07, 6.45) is 0. The number of phenolic OH excluding ortho intramolecular Hbond substituents is 1. The van der Waals surface area contributed by atoms with Gasteiger partial charge in [-0.1, -0.05) is 29.8 Å². The first-order valence-corrected chi connectivity index (χ1v) is 5.53. The molecule has 94 valence electrons. The summed E-state index contributed by atoms with van der Waals surface area (Å²) in [6, 6.07) is 9.93. The molecule has 2 N–H and O–H groups in total. The summed E-state index contributed by atoms with van der Waals surface area (Å²) in [5.41, 5.74) is 2.44. The van der Waals surface area contributed by atoms with Crippen molar-refractivity contribution in [3.05, 3.63) is 59.2 Å². The topological polar surface area (TPSA) is 32.3 Å². The fourth-order valence-corrected chi connectivity index (χ4v) is 1.69. The van der Waals surface area contributed by atoms with Crippen LogP contribution < -0.4 is 5.32 Å². The van der Waals surface area contributed by atoms with E-state index in [1.807, 2.05) is 31.2 Å². The lowest BCUT2D eigenvalue weighted by atomic mass is 10.1. The molecule has 0 atom stereocenters. The van der Waals surface area contributed by atoms with E-state index >= 15 is 0 Å². The third-order valence-corrected chi connectivity index (χ3v) is 2.60. The second-order valence-corrected chi connectivity index (χ2v) is 4.13. The van der Waals surface area contributed by atoms with Gasteiger partial charge in [0.25, 0.3) is 0 Å². The Morgan fingerprint density at radius 3 is 2.39 bits per heavy atom. The zero-order valence-corrected chi connectivity index (χ0v) is 9.87. The zero-order chi connectivity index (χ0) is 13.1. The van der Waals surface area contributed by atoms with Gasteiger partial charge in [-0.3, -0.25) is 0 Å². The molecule has 0 spiro atoms. The van der Waals surface area contributed by atoms with E-state index < -0.39 is 17.4 Å². The Hall–Kier alpha value is -2.10. The molecule has 2 rings (SSSR count). The monoisotopic (exact) mass is 249 g/mol. The molecule has 0 amide bonds. The molecule has 0 aliphatic rings. The Kier molecular flexibility index (Phi) is 3.46. The Balaban J connectivity index is 2.11. The van der Waals surface area contributed by atoms with Crippen LogP contribution in [0.4, 0.5) is 14.5 Å². The third-order valence-electron chi connectivity index (χ3n) is 2.60. The molecular weight excluding hydrogens is 236 g/mol. The summed E-state index contributed by atoms with van der Waals surface area (Å²) in [7, 11) is 0. The van der Waals surface area contributed by atoms with E-state index in [0.717, 1.165) is 23.3 Å². The Labute approximate surface area is 104 Å². The van der Waals surface area contributed by atoms with Crippen LogP contribution in [0.15, 0.2) is 36.4 Å². The molecule has 0 aliphatic carbocycles. The van der Waals surface area contributed by atoms with E-state index in [4.69, 9.17) is 5.11 Å². The number of anilines is 1. The predicted molar refractivity (Wildman–Crippen MR) is 66.5 cm³/mol. The second-order valence-electron chi connectivity index (χ2n) is 4.13. The van der Waals surface area contributed by atoms with Gasteiger partial charge >= 0.3 is 0 Å². The van der Waals surface area contributed by atoms with Crippen LogP contribution in [0.1, 0.15) is 11.1 Å². The van der Waals surface area contributed by atoms with E-state index in [2.05, 4.69) is 5.32 Å². The summed E-state index contributed by atoms with van der Waals surface area (Å²) in [5.74, 6) is -2.89. The molecule has 2 nitrogen and oxygen atoms in total. The smallest absolute Gasteiger partial charge is 0.187 e. The lowest BCUT2D eigenvalue weighted by Crippen LogP contribution is -2.00. The van der Waals surface area contributed by atoms with E-state index in [-0.39, 0.29) is 0 Å². The fraction of sp³-hybridized carbons (Fsp3) is 0.143. The minimum atomic E-state index is -0.971. The van der Waals surface area contributed by atoms with E-state index in [1.54, 1.807) is 0 Å². The second kappa shape index (κ2) is 5.04. The van der Waals surface area contributed by atoms with Crippen molar-refractivity contribution in [1.82, 2.24) is 0 Å². The molecule has 0 aromatic heterocycles. The minimum absolute atomic E-state index is 0.296. The van der Waals surface area contributed by atoms with Gasteiger partial charge in [0.05, 0.1) is 0 Å². The summed E-state index contributed by atoms with van der Waals surface area (Å²) >= 11 is 0. The van der Waals surface area contributed by atoms with Gasteiger partial charge in [0.2, 0.25) is 0 Å². The number of phenols is 1. The van der Waals surface area contributed by atoms with Crippen LogP contribution in [-0.4, -0.2) is 5.11 Å². The summed E-state index contributed by atoms with van der Waals surface area (Å²) in [6.45, 7) is 2.44. The number of nitrogens with one attached hydrogen (secondary N) is 1.